The highest BCUT2D eigenvalue weighted by Crippen LogP contribution is 2.38. The highest BCUT2D eigenvalue weighted by molar-refractivity contribution is 6.74. The quantitative estimate of drug-likeness (QED) is 0.153. The summed E-state index contributed by atoms with van der Waals surface area (Å²) in [5, 5.41) is 0.182. The molecule has 1 saturated carbocycles. The van der Waals surface area contributed by atoms with Crippen LogP contribution in [0, 0.1) is 11.3 Å². The van der Waals surface area contributed by atoms with Crippen molar-refractivity contribution in [2.75, 3.05) is 0 Å². The van der Waals surface area contributed by atoms with Crippen molar-refractivity contribution in [3.63, 3.8) is 0 Å². The molecule has 1 fully saturated rings. The molecule has 5 heteroatoms. The second kappa shape index (κ2) is 11.4. The topological polar surface area (TPSA) is 35.5 Å². The highest BCUT2D eigenvalue weighted by Gasteiger charge is 2.39. The highest BCUT2D eigenvalue weighted by atomic mass is 28.4. The van der Waals surface area contributed by atoms with Gasteiger partial charge >= 0.3 is 0 Å². The lowest BCUT2D eigenvalue weighted by Gasteiger charge is -2.38. The van der Waals surface area contributed by atoms with Crippen molar-refractivity contribution in [1.29, 1.82) is 0 Å². The fourth-order valence-electron chi connectivity index (χ4n) is 3.36. The zero-order valence-electron chi connectivity index (χ0n) is 21.3. The van der Waals surface area contributed by atoms with Gasteiger partial charge in [0.1, 0.15) is 0 Å². The zero-order chi connectivity index (χ0) is 23.2. The number of carbonyl (C=O) groups is 1. The molecule has 0 bridgehead atoms. The van der Waals surface area contributed by atoms with Gasteiger partial charge in [0.2, 0.25) is 0 Å². The van der Waals surface area contributed by atoms with E-state index in [0.717, 1.165) is 12.5 Å². The number of rotatable bonds is 11. The minimum atomic E-state index is -1.86. The van der Waals surface area contributed by atoms with Crippen molar-refractivity contribution in [1.82, 2.24) is 0 Å². The first kappa shape index (κ1) is 27.5. The van der Waals surface area contributed by atoms with Crippen LogP contribution >= 0.6 is 0 Å². The standard InChI is InChI=1S/C25H48O3Si2/c1-11-12-13-14-20(28-30(9,10)25(6,7)8)15-16-21-19(2)22(26)17-23(21)27-29-18-24(3,4)5/h15-16,20-21,23H,2,11-14,17-18,29H2,1,3-10H3/t20-,21?,23?/m1/s1. The summed E-state index contributed by atoms with van der Waals surface area (Å²) in [5.41, 5.74) is 0.999. The van der Waals surface area contributed by atoms with Gasteiger partial charge in [-0.15, -0.1) is 0 Å². The Morgan fingerprint density at radius 3 is 2.37 bits per heavy atom. The van der Waals surface area contributed by atoms with Gasteiger partial charge < -0.3 is 8.85 Å². The van der Waals surface area contributed by atoms with E-state index in [2.05, 4.69) is 80.3 Å². The lowest BCUT2D eigenvalue weighted by atomic mass is 10.00. The Kier molecular flexibility index (Phi) is 10.5. The molecule has 0 spiro atoms. The van der Waals surface area contributed by atoms with Crippen LogP contribution in [0.25, 0.3) is 0 Å². The fourth-order valence-corrected chi connectivity index (χ4v) is 6.02. The summed E-state index contributed by atoms with van der Waals surface area (Å²) in [4.78, 5) is 12.3. The van der Waals surface area contributed by atoms with Crippen molar-refractivity contribution in [3.05, 3.63) is 24.3 Å². The average Bonchev–Trinajstić information content (AvgIpc) is 2.84. The van der Waals surface area contributed by atoms with Gasteiger partial charge in [0, 0.05) is 12.3 Å². The van der Waals surface area contributed by atoms with Crippen LogP contribution in [0.15, 0.2) is 24.3 Å². The van der Waals surface area contributed by atoms with E-state index in [1.54, 1.807) is 0 Å². The van der Waals surface area contributed by atoms with Gasteiger partial charge in [-0.2, -0.15) is 0 Å². The van der Waals surface area contributed by atoms with Crippen LogP contribution < -0.4 is 0 Å². The van der Waals surface area contributed by atoms with Gasteiger partial charge in [0.15, 0.2) is 23.9 Å². The fraction of sp³-hybridized carbons (Fsp3) is 0.800. The van der Waals surface area contributed by atoms with Crippen molar-refractivity contribution in [2.24, 2.45) is 11.3 Å². The molecule has 0 saturated heterocycles. The lowest BCUT2D eigenvalue weighted by molar-refractivity contribution is -0.115. The molecule has 3 nitrogen and oxygen atoms in total. The van der Waals surface area contributed by atoms with E-state index in [1.807, 2.05) is 0 Å². The van der Waals surface area contributed by atoms with E-state index in [-0.39, 0.29) is 28.9 Å². The first-order valence-electron chi connectivity index (χ1n) is 11.9. The summed E-state index contributed by atoms with van der Waals surface area (Å²) in [6.45, 7) is 24.6. The summed E-state index contributed by atoms with van der Waals surface area (Å²) in [7, 11) is -2.51. The normalized spacial score (nSPS) is 22.7. The van der Waals surface area contributed by atoms with Crippen LogP contribution in [0.5, 0.6) is 0 Å². The Labute approximate surface area is 190 Å². The van der Waals surface area contributed by atoms with Gasteiger partial charge in [-0.25, -0.2) is 0 Å². The van der Waals surface area contributed by atoms with Gasteiger partial charge in [-0.05, 0) is 41.6 Å². The number of Topliss-reactive ketones (excluding diaryl/α,β-unsaturated/α-hetero) is 1. The lowest BCUT2D eigenvalue weighted by Crippen LogP contribution is -2.43. The summed E-state index contributed by atoms with van der Waals surface area (Å²) in [5.74, 6) is 0.161. The summed E-state index contributed by atoms with van der Waals surface area (Å²) >= 11 is 0. The van der Waals surface area contributed by atoms with Crippen LogP contribution in [0.1, 0.15) is 80.6 Å². The van der Waals surface area contributed by atoms with E-state index >= 15 is 0 Å². The monoisotopic (exact) mass is 452 g/mol. The van der Waals surface area contributed by atoms with E-state index in [4.69, 9.17) is 8.85 Å². The molecule has 0 aromatic heterocycles. The third kappa shape index (κ3) is 8.93. The third-order valence-electron chi connectivity index (χ3n) is 6.61. The Balaban J connectivity index is 2.90. The minimum absolute atomic E-state index is 0.00154. The molecule has 1 aliphatic carbocycles. The molecule has 0 aromatic carbocycles. The van der Waals surface area contributed by atoms with Crippen molar-refractivity contribution in [3.8, 4) is 0 Å². The van der Waals surface area contributed by atoms with Crippen LogP contribution in [0.4, 0.5) is 0 Å². The van der Waals surface area contributed by atoms with E-state index in [9.17, 15) is 4.79 Å². The Morgan fingerprint density at radius 1 is 1.20 bits per heavy atom. The van der Waals surface area contributed by atoms with Crippen molar-refractivity contribution in [2.45, 2.75) is 117 Å². The van der Waals surface area contributed by atoms with E-state index in [1.165, 1.54) is 19.3 Å². The summed E-state index contributed by atoms with van der Waals surface area (Å²) in [6.07, 6.45) is 9.58. The molecule has 0 heterocycles. The molecule has 0 aliphatic heterocycles. The SMILES string of the molecule is C=C1C(=O)CC(O[SiH2]CC(C)(C)C)C1C=C[C@@H](CCCCC)O[Si](C)(C)C(C)(C)C. The molecule has 3 atom stereocenters. The summed E-state index contributed by atoms with van der Waals surface area (Å²) < 4.78 is 13.0. The molecule has 0 radical (unpaired) electrons. The Hall–Kier alpha value is -0.496. The Morgan fingerprint density at radius 2 is 1.83 bits per heavy atom. The molecule has 0 amide bonds. The molecule has 0 N–H and O–H groups in total. The van der Waals surface area contributed by atoms with Gasteiger partial charge in [-0.1, -0.05) is 86.5 Å². The van der Waals surface area contributed by atoms with Crippen molar-refractivity contribution >= 4 is 23.9 Å². The van der Waals surface area contributed by atoms with Crippen LogP contribution in [-0.4, -0.2) is 36.1 Å². The van der Waals surface area contributed by atoms with Crippen LogP contribution in [0.2, 0.25) is 24.2 Å². The number of hydrogen-bond acceptors (Lipinski definition) is 3. The first-order valence-corrected chi connectivity index (χ1v) is 16.4. The smallest absolute Gasteiger partial charge is 0.192 e. The molecule has 1 rings (SSSR count). The maximum absolute atomic E-state index is 12.3. The third-order valence-corrected chi connectivity index (χ3v) is 13.5. The molecule has 0 aromatic rings. The molecule has 1 aliphatic rings. The maximum atomic E-state index is 12.3. The number of hydrogen-bond donors (Lipinski definition) is 0. The number of ketones is 1. The predicted octanol–water partition coefficient (Wildman–Crippen LogP) is 6.59. The first-order chi connectivity index (χ1) is 13.7. The second-order valence-electron chi connectivity index (χ2n) is 11.7. The van der Waals surface area contributed by atoms with Gasteiger partial charge in [0.25, 0.3) is 0 Å². The predicted molar refractivity (Wildman–Crippen MR) is 135 cm³/mol. The maximum Gasteiger partial charge on any atom is 0.192 e. The zero-order valence-corrected chi connectivity index (χ0v) is 23.7. The van der Waals surface area contributed by atoms with Gasteiger partial charge in [-0.3, -0.25) is 4.79 Å². The summed E-state index contributed by atoms with van der Waals surface area (Å²) in [6, 6.07) is 1.12. The molecule has 2 unspecified atom stereocenters. The molecule has 30 heavy (non-hydrogen) atoms. The molecular weight excluding hydrogens is 404 g/mol. The average molecular weight is 453 g/mol. The second-order valence-corrected chi connectivity index (χ2v) is 17.7. The Bertz CT molecular complexity index is 596. The number of unbranched alkanes of at least 4 members (excludes halogenated alkanes) is 2. The van der Waals surface area contributed by atoms with Crippen LogP contribution in [0.3, 0.4) is 0 Å². The van der Waals surface area contributed by atoms with E-state index in [0.29, 0.717) is 17.4 Å². The largest absolute Gasteiger partial charge is 0.420 e. The molecule has 174 valence electrons. The van der Waals surface area contributed by atoms with Crippen LogP contribution in [-0.2, 0) is 13.6 Å². The number of carbonyl (C=O) groups excluding carboxylic acids is 1. The minimum Gasteiger partial charge on any atom is -0.420 e. The van der Waals surface area contributed by atoms with E-state index < -0.39 is 18.1 Å². The van der Waals surface area contributed by atoms with Gasteiger partial charge in [0.05, 0.1) is 12.2 Å². The van der Waals surface area contributed by atoms with Crippen molar-refractivity contribution < 1.29 is 13.6 Å². The molecular formula is C25H48O3Si2.